The van der Waals surface area contributed by atoms with Gasteiger partial charge in [-0.3, -0.25) is 0 Å². The summed E-state index contributed by atoms with van der Waals surface area (Å²) >= 11 is 0. The second-order valence-corrected chi connectivity index (χ2v) is 3.00. The van der Waals surface area contributed by atoms with Crippen molar-refractivity contribution < 1.29 is 12.4 Å². The zero-order chi connectivity index (χ0) is 8.10. The van der Waals surface area contributed by atoms with Crippen molar-refractivity contribution in [3.8, 4) is 0 Å². The van der Waals surface area contributed by atoms with Crippen molar-refractivity contribution in [1.82, 2.24) is 0 Å². The maximum Gasteiger partial charge on any atom is 0.00136 e. The van der Waals surface area contributed by atoms with Crippen LogP contribution in [0.15, 0.2) is 30.3 Å². The van der Waals surface area contributed by atoms with Crippen LogP contribution in [0.5, 0.6) is 0 Å². The lowest BCUT2D eigenvalue weighted by atomic mass is 10.1. The highest BCUT2D eigenvalue weighted by molar-refractivity contribution is 5.14. The van der Waals surface area contributed by atoms with Crippen LogP contribution in [0.1, 0.15) is 18.9 Å². The van der Waals surface area contributed by atoms with Gasteiger partial charge in [0.1, 0.15) is 0 Å². The van der Waals surface area contributed by atoms with E-state index in [4.69, 9.17) is 5.73 Å². The van der Waals surface area contributed by atoms with Crippen molar-refractivity contribution in [3.63, 3.8) is 0 Å². The summed E-state index contributed by atoms with van der Waals surface area (Å²) in [5, 5.41) is 0. The van der Waals surface area contributed by atoms with Crippen molar-refractivity contribution in [1.29, 1.82) is 0 Å². The molecule has 0 heterocycles. The van der Waals surface area contributed by atoms with E-state index in [0.717, 1.165) is 12.8 Å². The summed E-state index contributed by atoms with van der Waals surface area (Å²) < 4.78 is 0. The Morgan fingerprint density at radius 1 is 1.25 bits per heavy atom. The lowest BCUT2D eigenvalue weighted by Crippen LogP contribution is -3.00. The molecule has 0 saturated heterocycles. The van der Waals surface area contributed by atoms with Gasteiger partial charge in [0.25, 0.3) is 0 Å². The first-order valence-electron chi connectivity index (χ1n) is 4.08. The van der Waals surface area contributed by atoms with E-state index in [0.29, 0.717) is 6.04 Å². The second-order valence-electron chi connectivity index (χ2n) is 3.00. The summed E-state index contributed by atoms with van der Waals surface area (Å²) in [4.78, 5) is 0. The van der Waals surface area contributed by atoms with Crippen LogP contribution < -0.4 is 18.1 Å². The Morgan fingerprint density at radius 2 is 1.83 bits per heavy atom. The summed E-state index contributed by atoms with van der Waals surface area (Å²) in [5.41, 5.74) is 7.02. The molecule has 12 heavy (non-hydrogen) atoms. The average Bonchev–Trinajstić information content (AvgIpc) is 2.03. The number of halogens is 1. The monoisotopic (exact) mass is 184 g/mol. The Morgan fingerprint density at radius 3 is 2.33 bits per heavy atom. The molecule has 0 amide bonds. The standard InChI is InChI=1S/C10H15N.ClH/c1-9(11)7-8-10-5-3-2-4-6-10;/h2-6,9H,7-8,11H2,1H3;1H/p-1. The normalized spacial score (nSPS) is 11.8. The first-order chi connectivity index (χ1) is 5.29. The lowest BCUT2D eigenvalue weighted by molar-refractivity contribution is -0.00000254. The van der Waals surface area contributed by atoms with Crippen molar-refractivity contribution in [2.24, 2.45) is 5.73 Å². The Bertz CT molecular complexity index is 196. The summed E-state index contributed by atoms with van der Waals surface area (Å²) in [7, 11) is 0. The molecule has 0 bridgehead atoms. The molecule has 0 aromatic heterocycles. The van der Waals surface area contributed by atoms with Gasteiger partial charge in [0.05, 0.1) is 0 Å². The third kappa shape index (κ3) is 4.37. The quantitative estimate of drug-likeness (QED) is 0.639. The number of nitrogens with two attached hydrogens (primary N) is 1. The molecule has 1 aromatic rings. The Hall–Kier alpha value is -0.530. The van der Waals surface area contributed by atoms with E-state index in [1.807, 2.05) is 13.0 Å². The predicted octanol–water partition coefficient (Wildman–Crippen LogP) is -1.03. The molecule has 0 saturated carbocycles. The van der Waals surface area contributed by atoms with Gasteiger partial charge in [-0.25, -0.2) is 0 Å². The molecule has 1 nitrogen and oxygen atoms in total. The van der Waals surface area contributed by atoms with Crippen LogP contribution in [0.3, 0.4) is 0 Å². The van der Waals surface area contributed by atoms with E-state index < -0.39 is 0 Å². The zero-order valence-corrected chi connectivity index (χ0v) is 8.09. The highest BCUT2D eigenvalue weighted by Gasteiger charge is 1.94. The number of hydrogen-bond acceptors (Lipinski definition) is 1. The minimum atomic E-state index is 0. The Balaban J connectivity index is 0.00000121. The number of hydrogen-bond donors (Lipinski definition) is 1. The van der Waals surface area contributed by atoms with Gasteiger partial charge in [-0.2, -0.15) is 0 Å². The van der Waals surface area contributed by atoms with Crippen LogP contribution in [0.25, 0.3) is 0 Å². The van der Waals surface area contributed by atoms with Gasteiger partial charge in [-0.1, -0.05) is 30.3 Å². The van der Waals surface area contributed by atoms with Crippen LogP contribution >= 0.6 is 0 Å². The van der Waals surface area contributed by atoms with Crippen LogP contribution in [-0.2, 0) is 6.42 Å². The summed E-state index contributed by atoms with van der Waals surface area (Å²) in [6, 6.07) is 10.8. The molecule has 1 aromatic carbocycles. The fourth-order valence-corrected chi connectivity index (χ4v) is 1.04. The second kappa shape index (κ2) is 6.04. The maximum absolute atomic E-state index is 5.64. The Labute approximate surface area is 80.4 Å². The zero-order valence-electron chi connectivity index (χ0n) is 7.33. The van der Waals surface area contributed by atoms with Crippen LogP contribution in [-0.4, -0.2) is 6.04 Å². The molecule has 0 radical (unpaired) electrons. The number of aryl methyl sites for hydroxylation is 1. The minimum Gasteiger partial charge on any atom is -1.00 e. The van der Waals surface area contributed by atoms with Crippen molar-refractivity contribution in [2.75, 3.05) is 0 Å². The van der Waals surface area contributed by atoms with E-state index in [2.05, 4.69) is 24.3 Å². The predicted molar refractivity (Wildman–Crippen MR) is 48.4 cm³/mol. The molecule has 2 heteroatoms. The van der Waals surface area contributed by atoms with Gasteiger partial charge in [-0.05, 0) is 25.3 Å². The molecule has 1 rings (SSSR count). The molecule has 68 valence electrons. The topological polar surface area (TPSA) is 26.0 Å². The van der Waals surface area contributed by atoms with E-state index in [9.17, 15) is 0 Å². The maximum atomic E-state index is 5.64. The molecule has 0 fully saturated rings. The SMILES string of the molecule is CC(N)CCc1ccccc1.[Cl-]. The van der Waals surface area contributed by atoms with Crippen LogP contribution in [0, 0.1) is 0 Å². The molecule has 0 aliphatic rings. The first kappa shape index (κ1) is 11.5. The van der Waals surface area contributed by atoms with Gasteiger partial charge in [0.2, 0.25) is 0 Å². The lowest BCUT2D eigenvalue weighted by Gasteiger charge is -2.03. The van der Waals surface area contributed by atoms with Gasteiger partial charge < -0.3 is 18.1 Å². The molecular formula is C10H15ClN-. The van der Waals surface area contributed by atoms with Crippen molar-refractivity contribution in [3.05, 3.63) is 35.9 Å². The highest BCUT2D eigenvalue weighted by atomic mass is 35.5. The van der Waals surface area contributed by atoms with E-state index in [-0.39, 0.29) is 12.4 Å². The van der Waals surface area contributed by atoms with Crippen LogP contribution in [0.2, 0.25) is 0 Å². The van der Waals surface area contributed by atoms with Gasteiger partial charge in [0.15, 0.2) is 0 Å². The Kier molecular flexibility index (Phi) is 5.77. The van der Waals surface area contributed by atoms with Gasteiger partial charge in [-0.15, -0.1) is 0 Å². The van der Waals surface area contributed by atoms with E-state index >= 15 is 0 Å². The molecular weight excluding hydrogens is 170 g/mol. The third-order valence-corrected chi connectivity index (χ3v) is 1.73. The summed E-state index contributed by atoms with van der Waals surface area (Å²) in [6.07, 6.45) is 2.17. The summed E-state index contributed by atoms with van der Waals surface area (Å²) in [6.45, 7) is 2.04. The van der Waals surface area contributed by atoms with Gasteiger partial charge in [0, 0.05) is 6.04 Å². The van der Waals surface area contributed by atoms with Gasteiger partial charge >= 0.3 is 0 Å². The number of rotatable bonds is 3. The minimum absolute atomic E-state index is 0. The number of benzene rings is 1. The van der Waals surface area contributed by atoms with Crippen molar-refractivity contribution >= 4 is 0 Å². The largest absolute Gasteiger partial charge is 1.00 e. The van der Waals surface area contributed by atoms with Crippen molar-refractivity contribution in [2.45, 2.75) is 25.8 Å². The van der Waals surface area contributed by atoms with E-state index in [1.165, 1.54) is 5.56 Å². The highest BCUT2D eigenvalue weighted by Crippen LogP contribution is 2.02. The first-order valence-corrected chi connectivity index (χ1v) is 4.08. The molecule has 0 spiro atoms. The molecule has 0 aliphatic carbocycles. The third-order valence-electron chi connectivity index (χ3n) is 1.73. The molecule has 1 unspecified atom stereocenters. The summed E-state index contributed by atoms with van der Waals surface area (Å²) in [5.74, 6) is 0. The average molecular weight is 185 g/mol. The smallest absolute Gasteiger partial charge is 0.00136 e. The van der Waals surface area contributed by atoms with Crippen LogP contribution in [0.4, 0.5) is 0 Å². The van der Waals surface area contributed by atoms with E-state index in [1.54, 1.807) is 0 Å². The molecule has 0 aliphatic heterocycles. The fraction of sp³-hybridized carbons (Fsp3) is 0.400. The fourth-order valence-electron chi connectivity index (χ4n) is 1.04. The molecule has 1 atom stereocenters. The molecule has 2 N–H and O–H groups in total.